The van der Waals surface area contributed by atoms with Crippen molar-refractivity contribution in [3.8, 4) is 5.69 Å². The molecule has 160 valence electrons. The van der Waals surface area contributed by atoms with Gasteiger partial charge in [0.1, 0.15) is 11.6 Å². The molecule has 4 aromatic rings. The van der Waals surface area contributed by atoms with Gasteiger partial charge in [0, 0.05) is 22.4 Å². The largest absolute Gasteiger partial charge is 0.323 e. The second-order valence-corrected chi connectivity index (χ2v) is 8.43. The van der Waals surface area contributed by atoms with Crippen molar-refractivity contribution >= 4 is 27.6 Å². The Morgan fingerprint density at radius 1 is 0.938 bits per heavy atom. The minimum Gasteiger partial charge on any atom is -0.318 e. The minimum absolute atomic E-state index is 0.261. The van der Waals surface area contributed by atoms with Crippen LogP contribution in [0.1, 0.15) is 22.9 Å². The second kappa shape index (κ2) is 8.24. The Bertz CT molecular complexity index is 1300. The van der Waals surface area contributed by atoms with E-state index in [9.17, 15) is 13.6 Å². The first-order valence-electron chi connectivity index (χ1n) is 10.0. The van der Waals surface area contributed by atoms with E-state index in [4.69, 9.17) is 0 Å². The summed E-state index contributed by atoms with van der Waals surface area (Å²) in [7, 11) is 0. The average Bonchev–Trinajstić information content (AvgIpc) is 3.18. The molecule has 0 saturated carbocycles. The number of benzene rings is 3. The van der Waals surface area contributed by atoms with Crippen LogP contribution in [0.5, 0.6) is 0 Å². The molecule has 3 aromatic carbocycles. The number of fused-ring (bicyclic) bond motifs is 3. The Kier molecular flexibility index (Phi) is 5.27. The van der Waals surface area contributed by atoms with E-state index in [2.05, 4.69) is 21.2 Å². The normalized spacial score (nSPS) is 15.0. The molecule has 7 heteroatoms. The van der Waals surface area contributed by atoms with Crippen LogP contribution in [0.25, 0.3) is 5.69 Å². The molecular formula is C25H18BrF2N3O. The molecule has 0 unspecified atom stereocenters. The molecule has 1 aliphatic rings. The van der Waals surface area contributed by atoms with Crippen LogP contribution in [0, 0.1) is 11.6 Å². The van der Waals surface area contributed by atoms with E-state index in [-0.39, 0.29) is 12.6 Å². The van der Waals surface area contributed by atoms with Gasteiger partial charge in [0.15, 0.2) is 0 Å². The lowest BCUT2D eigenvalue weighted by Crippen LogP contribution is -2.38. The number of aromatic nitrogens is 1. The summed E-state index contributed by atoms with van der Waals surface area (Å²) in [5.41, 5.74) is 3.55. The number of halogens is 3. The molecule has 1 aliphatic heterocycles. The number of hydrogen-bond donors (Lipinski definition) is 1. The van der Waals surface area contributed by atoms with Crippen LogP contribution in [-0.4, -0.2) is 15.5 Å². The molecule has 0 spiro atoms. The van der Waals surface area contributed by atoms with Gasteiger partial charge in [-0.1, -0.05) is 30.3 Å². The molecule has 2 heterocycles. The van der Waals surface area contributed by atoms with E-state index in [0.29, 0.717) is 11.3 Å². The lowest BCUT2D eigenvalue weighted by molar-refractivity contribution is 0.194. The van der Waals surface area contributed by atoms with Crippen LogP contribution in [-0.2, 0) is 6.54 Å². The van der Waals surface area contributed by atoms with Crippen LogP contribution < -0.4 is 5.32 Å². The molecule has 1 atom stereocenters. The zero-order valence-electron chi connectivity index (χ0n) is 16.8. The van der Waals surface area contributed by atoms with E-state index in [1.54, 1.807) is 11.0 Å². The third-order valence-corrected chi connectivity index (χ3v) is 6.23. The first-order chi connectivity index (χ1) is 15.5. The Balaban J connectivity index is 1.67. The van der Waals surface area contributed by atoms with Crippen molar-refractivity contribution in [3.05, 3.63) is 118 Å². The van der Waals surface area contributed by atoms with Crippen molar-refractivity contribution in [1.82, 2.24) is 9.47 Å². The van der Waals surface area contributed by atoms with Gasteiger partial charge in [0.25, 0.3) is 0 Å². The van der Waals surface area contributed by atoms with Gasteiger partial charge in [-0.3, -0.25) is 0 Å². The Hall–Kier alpha value is -3.45. The van der Waals surface area contributed by atoms with Gasteiger partial charge in [-0.25, -0.2) is 13.6 Å². The number of nitrogens with zero attached hydrogens (tertiary/aromatic N) is 2. The fourth-order valence-corrected chi connectivity index (χ4v) is 4.56. The molecule has 0 fully saturated rings. The van der Waals surface area contributed by atoms with Crippen molar-refractivity contribution in [1.29, 1.82) is 0 Å². The molecule has 0 saturated heterocycles. The minimum atomic E-state index is -0.704. The number of rotatable bonds is 2. The zero-order valence-corrected chi connectivity index (χ0v) is 18.4. The Labute approximate surface area is 192 Å². The maximum absolute atomic E-state index is 14.2. The predicted octanol–water partition coefficient (Wildman–Crippen LogP) is 6.66. The maximum Gasteiger partial charge on any atom is 0.323 e. The number of urea groups is 1. The monoisotopic (exact) mass is 493 g/mol. The van der Waals surface area contributed by atoms with Gasteiger partial charge in [-0.2, -0.15) is 0 Å². The van der Waals surface area contributed by atoms with Gasteiger partial charge in [-0.05, 0) is 69.5 Å². The van der Waals surface area contributed by atoms with Crippen molar-refractivity contribution in [3.63, 3.8) is 0 Å². The maximum atomic E-state index is 14.2. The molecule has 4 nitrogen and oxygen atoms in total. The van der Waals surface area contributed by atoms with Crippen molar-refractivity contribution in [2.45, 2.75) is 12.6 Å². The van der Waals surface area contributed by atoms with Crippen LogP contribution >= 0.6 is 15.9 Å². The molecule has 1 aromatic heterocycles. The van der Waals surface area contributed by atoms with E-state index < -0.39 is 17.7 Å². The molecule has 1 N–H and O–H groups in total. The van der Waals surface area contributed by atoms with Crippen molar-refractivity contribution in [2.24, 2.45) is 0 Å². The Morgan fingerprint density at radius 2 is 1.66 bits per heavy atom. The molecule has 0 aliphatic carbocycles. The van der Waals surface area contributed by atoms with E-state index >= 15 is 0 Å². The summed E-state index contributed by atoms with van der Waals surface area (Å²) in [6, 6.07) is 21.1. The smallest absolute Gasteiger partial charge is 0.318 e. The third kappa shape index (κ3) is 3.69. The molecule has 2 amide bonds. The number of carbonyl (C=O) groups excluding carboxylic acids is 1. The van der Waals surface area contributed by atoms with Gasteiger partial charge in [0.05, 0.1) is 24.0 Å². The number of carbonyl (C=O) groups is 1. The first kappa shape index (κ1) is 20.5. The SMILES string of the molecule is O=C(Nc1ccccc1Br)N1Cc2ccccc2-n2cccc2[C@@H]1c1cc(F)cc(F)c1. The highest BCUT2D eigenvalue weighted by Crippen LogP contribution is 2.37. The van der Waals surface area contributed by atoms with E-state index in [0.717, 1.165) is 27.5 Å². The van der Waals surface area contributed by atoms with Crippen LogP contribution in [0.3, 0.4) is 0 Å². The summed E-state index contributed by atoms with van der Waals surface area (Å²) in [4.78, 5) is 15.2. The van der Waals surface area contributed by atoms with E-state index in [1.807, 2.05) is 65.4 Å². The molecule has 32 heavy (non-hydrogen) atoms. The topological polar surface area (TPSA) is 37.3 Å². The number of hydrogen-bond acceptors (Lipinski definition) is 1. The predicted molar refractivity (Wildman–Crippen MR) is 123 cm³/mol. The van der Waals surface area contributed by atoms with Gasteiger partial charge in [-0.15, -0.1) is 0 Å². The van der Waals surface area contributed by atoms with Crippen molar-refractivity contribution in [2.75, 3.05) is 5.32 Å². The molecule has 5 rings (SSSR count). The molecular weight excluding hydrogens is 476 g/mol. The standard InChI is InChI=1S/C25H18BrF2N3O/c26-20-7-2-3-8-21(20)29-25(32)31-15-16-6-1-4-9-22(16)30-11-5-10-23(30)24(31)17-12-18(27)14-19(28)13-17/h1-14,24H,15H2,(H,29,32)/t24-/m0/s1. The molecule has 0 radical (unpaired) electrons. The van der Waals surface area contributed by atoms with Gasteiger partial charge >= 0.3 is 6.03 Å². The molecule has 0 bridgehead atoms. The van der Waals surface area contributed by atoms with Gasteiger partial charge < -0.3 is 14.8 Å². The Morgan fingerprint density at radius 3 is 2.44 bits per heavy atom. The van der Waals surface area contributed by atoms with Crippen LogP contribution in [0.15, 0.2) is 89.5 Å². The summed E-state index contributed by atoms with van der Waals surface area (Å²) in [5, 5.41) is 2.93. The third-order valence-electron chi connectivity index (χ3n) is 5.54. The summed E-state index contributed by atoms with van der Waals surface area (Å²) >= 11 is 3.45. The lowest BCUT2D eigenvalue weighted by atomic mass is 10.0. The van der Waals surface area contributed by atoms with Crippen molar-refractivity contribution < 1.29 is 13.6 Å². The number of anilines is 1. The highest BCUT2D eigenvalue weighted by atomic mass is 79.9. The summed E-state index contributed by atoms with van der Waals surface area (Å²) in [5.74, 6) is -1.38. The average molecular weight is 494 g/mol. The number of para-hydroxylation sites is 2. The number of amides is 2. The first-order valence-corrected chi connectivity index (χ1v) is 10.8. The zero-order chi connectivity index (χ0) is 22.2. The highest BCUT2D eigenvalue weighted by Gasteiger charge is 2.33. The van der Waals surface area contributed by atoms with E-state index in [1.165, 1.54) is 12.1 Å². The summed E-state index contributed by atoms with van der Waals surface area (Å²) < 4.78 is 31.1. The second-order valence-electron chi connectivity index (χ2n) is 7.57. The number of nitrogens with one attached hydrogen (secondary N) is 1. The van der Waals surface area contributed by atoms with Gasteiger partial charge in [0.2, 0.25) is 0 Å². The van der Waals surface area contributed by atoms with Crippen LogP contribution in [0.2, 0.25) is 0 Å². The van der Waals surface area contributed by atoms with Crippen LogP contribution in [0.4, 0.5) is 19.3 Å². The fraction of sp³-hybridized carbons (Fsp3) is 0.0800. The lowest BCUT2D eigenvalue weighted by Gasteiger charge is -2.31. The highest BCUT2D eigenvalue weighted by molar-refractivity contribution is 9.10. The summed E-state index contributed by atoms with van der Waals surface area (Å²) in [6.07, 6.45) is 1.89. The quantitative estimate of drug-likeness (QED) is 0.333. The fourth-order valence-electron chi connectivity index (χ4n) is 4.17. The summed E-state index contributed by atoms with van der Waals surface area (Å²) in [6.45, 7) is 0.261.